The molecule has 2 aliphatic rings. The van der Waals surface area contributed by atoms with Crippen LogP contribution in [0.5, 0.6) is 0 Å². The first-order valence-electron chi connectivity index (χ1n) is 11.3. The largest absolute Gasteiger partial charge is 0.361 e. The summed E-state index contributed by atoms with van der Waals surface area (Å²) in [5.74, 6) is 0.924. The molecule has 0 bridgehead atoms. The van der Waals surface area contributed by atoms with E-state index in [0.717, 1.165) is 0 Å². The van der Waals surface area contributed by atoms with Crippen molar-refractivity contribution in [3.8, 4) is 0 Å². The zero-order valence-electron chi connectivity index (χ0n) is 18.3. The third-order valence-electron chi connectivity index (χ3n) is 6.60. The Bertz CT molecular complexity index is 1020. The van der Waals surface area contributed by atoms with Gasteiger partial charge in [-0.1, -0.05) is 43.5 Å². The molecule has 1 saturated carbocycles. The topological polar surface area (TPSA) is 83.7 Å². The summed E-state index contributed by atoms with van der Waals surface area (Å²) < 4.78 is 32.9. The van der Waals surface area contributed by atoms with Gasteiger partial charge in [0.1, 0.15) is 11.3 Å². The molecule has 1 saturated heterocycles. The molecule has 0 radical (unpaired) electrons. The summed E-state index contributed by atoms with van der Waals surface area (Å²) in [6, 6.07) is 7.43. The first kappa shape index (κ1) is 22.0. The van der Waals surface area contributed by atoms with Crippen LogP contribution in [0, 0.1) is 6.92 Å². The van der Waals surface area contributed by atoms with Crippen LogP contribution in [0.4, 0.5) is 0 Å². The van der Waals surface area contributed by atoms with E-state index in [-0.39, 0.29) is 19.0 Å². The predicted octanol–water partition coefficient (Wildman–Crippen LogP) is 3.74. The average molecular weight is 446 g/mol. The van der Waals surface area contributed by atoms with Crippen molar-refractivity contribution < 1.29 is 17.7 Å². The summed E-state index contributed by atoms with van der Waals surface area (Å²) >= 11 is 0. The standard InChI is InChI=1S/C23H31N3O4S/c1-3-21-22(17(2)30-24-21)23(27)25-13-15-26(16-14-25)31(28,29)20-11-9-19(10-12-20)18-7-5-4-6-8-18/h9-12,18H,3-8,13-16H2,1-2H3. The second-order valence-corrected chi connectivity index (χ2v) is 10.5. The Morgan fingerprint density at radius 3 is 2.32 bits per heavy atom. The number of amides is 1. The van der Waals surface area contributed by atoms with E-state index < -0.39 is 10.0 Å². The molecule has 1 aromatic carbocycles. The number of carbonyl (C=O) groups excluding carboxylic acids is 1. The lowest BCUT2D eigenvalue weighted by Gasteiger charge is -2.34. The van der Waals surface area contributed by atoms with Crippen LogP contribution in [0.15, 0.2) is 33.7 Å². The van der Waals surface area contributed by atoms with Gasteiger partial charge in [-0.3, -0.25) is 4.79 Å². The van der Waals surface area contributed by atoms with Gasteiger partial charge < -0.3 is 9.42 Å². The molecule has 1 aliphatic heterocycles. The number of nitrogens with zero attached hydrogens (tertiary/aromatic N) is 3. The Labute approximate surface area is 184 Å². The highest BCUT2D eigenvalue weighted by molar-refractivity contribution is 7.89. The fraction of sp³-hybridized carbons (Fsp3) is 0.565. The molecule has 0 spiro atoms. The van der Waals surface area contributed by atoms with Crippen molar-refractivity contribution in [3.63, 3.8) is 0 Å². The molecular formula is C23H31N3O4S. The lowest BCUT2D eigenvalue weighted by atomic mass is 9.84. The van der Waals surface area contributed by atoms with Gasteiger partial charge in [0.2, 0.25) is 10.0 Å². The van der Waals surface area contributed by atoms with Gasteiger partial charge in [-0.25, -0.2) is 8.42 Å². The summed E-state index contributed by atoms with van der Waals surface area (Å²) in [5.41, 5.74) is 2.40. The number of benzene rings is 1. The predicted molar refractivity (Wildman–Crippen MR) is 118 cm³/mol. The SMILES string of the molecule is CCc1noc(C)c1C(=O)N1CCN(S(=O)(=O)c2ccc(C3CCCCC3)cc2)CC1. The minimum absolute atomic E-state index is 0.135. The maximum Gasteiger partial charge on any atom is 0.259 e. The maximum atomic E-state index is 13.1. The minimum Gasteiger partial charge on any atom is -0.361 e. The Balaban J connectivity index is 1.41. The molecule has 1 amide bonds. The number of hydrogen-bond donors (Lipinski definition) is 0. The molecule has 7 nitrogen and oxygen atoms in total. The van der Waals surface area contributed by atoms with Gasteiger partial charge in [0.05, 0.1) is 10.6 Å². The van der Waals surface area contributed by atoms with Crippen LogP contribution in [0.3, 0.4) is 0 Å². The second kappa shape index (κ2) is 9.12. The molecule has 2 fully saturated rings. The average Bonchev–Trinajstić information content (AvgIpc) is 3.19. The molecule has 1 aromatic heterocycles. The number of aryl methyl sites for hydroxylation is 2. The molecule has 4 rings (SSSR count). The van der Waals surface area contributed by atoms with Gasteiger partial charge in [0.25, 0.3) is 5.91 Å². The van der Waals surface area contributed by atoms with Crippen LogP contribution >= 0.6 is 0 Å². The van der Waals surface area contributed by atoms with Gasteiger partial charge in [-0.05, 0) is 49.8 Å². The van der Waals surface area contributed by atoms with Crippen LogP contribution in [-0.4, -0.2) is 54.9 Å². The summed E-state index contributed by atoms with van der Waals surface area (Å²) in [6.07, 6.45) is 6.79. The molecule has 0 N–H and O–H groups in total. The Morgan fingerprint density at radius 2 is 1.71 bits per heavy atom. The van der Waals surface area contributed by atoms with Crippen LogP contribution in [0.2, 0.25) is 0 Å². The first-order valence-corrected chi connectivity index (χ1v) is 12.7. The maximum absolute atomic E-state index is 13.1. The summed E-state index contributed by atoms with van der Waals surface area (Å²) in [7, 11) is -3.57. The molecule has 0 unspecified atom stereocenters. The number of carbonyl (C=O) groups is 1. The van der Waals surface area contributed by atoms with E-state index >= 15 is 0 Å². The van der Waals surface area contributed by atoms with Crippen LogP contribution in [-0.2, 0) is 16.4 Å². The van der Waals surface area contributed by atoms with E-state index in [4.69, 9.17) is 4.52 Å². The van der Waals surface area contributed by atoms with Crippen molar-refractivity contribution in [1.82, 2.24) is 14.4 Å². The van der Waals surface area contributed by atoms with Gasteiger partial charge in [-0.2, -0.15) is 4.31 Å². The second-order valence-electron chi connectivity index (χ2n) is 8.51. The molecule has 8 heteroatoms. The highest BCUT2D eigenvalue weighted by Gasteiger charge is 2.32. The highest BCUT2D eigenvalue weighted by Crippen LogP contribution is 2.33. The molecule has 31 heavy (non-hydrogen) atoms. The minimum atomic E-state index is -3.57. The molecule has 2 heterocycles. The fourth-order valence-corrected chi connectivity index (χ4v) is 6.14. The van der Waals surface area contributed by atoms with Crippen molar-refractivity contribution in [3.05, 3.63) is 46.8 Å². The van der Waals surface area contributed by atoms with Crippen molar-refractivity contribution >= 4 is 15.9 Å². The van der Waals surface area contributed by atoms with E-state index in [0.29, 0.717) is 47.3 Å². The number of rotatable bonds is 5. The fourth-order valence-electron chi connectivity index (χ4n) is 4.72. The summed E-state index contributed by atoms with van der Waals surface area (Å²) in [4.78, 5) is 15.0. The zero-order chi connectivity index (χ0) is 22.0. The van der Waals surface area contributed by atoms with E-state index in [1.807, 2.05) is 19.1 Å². The Morgan fingerprint density at radius 1 is 1.06 bits per heavy atom. The van der Waals surface area contributed by atoms with Crippen molar-refractivity contribution in [2.45, 2.75) is 63.2 Å². The lowest BCUT2D eigenvalue weighted by Crippen LogP contribution is -2.50. The van der Waals surface area contributed by atoms with Crippen LogP contribution < -0.4 is 0 Å². The van der Waals surface area contributed by atoms with Gasteiger partial charge in [0, 0.05) is 26.2 Å². The third-order valence-corrected chi connectivity index (χ3v) is 8.52. The van der Waals surface area contributed by atoms with Crippen molar-refractivity contribution in [2.75, 3.05) is 26.2 Å². The smallest absolute Gasteiger partial charge is 0.259 e. The van der Waals surface area contributed by atoms with Gasteiger partial charge in [0.15, 0.2) is 0 Å². The number of piperazine rings is 1. The van der Waals surface area contributed by atoms with Crippen LogP contribution in [0.1, 0.15) is 72.3 Å². The van der Waals surface area contributed by atoms with Gasteiger partial charge >= 0.3 is 0 Å². The Kier molecular flexibility index (Phi) is 6.48. The first-order chi connectivity index (χ1) is 14.9. The van der Waals surface area contributed by atoms with E-state index in [1.165, 1.54) is 42.0 Å². The Hall–Kier alpha value is -2.19. The molecule has 168 valence electrons. The normalized spacial score (nSPS) is 19.0. The molecule has 2 aromatic rings. The highest BCUT2D eigenvalue weighted by atomic mass is 32.2. The third kappa shape index (κ3) is 4.41. The van der Waals surface area contributed by atoms with Gasteiger partial charge in [-0.15, -0.1) is 0 Å². The summed E-state index contributed by atoms with van der Waals surface area (Å²) in [6.45, 7) is 4.93. The van der Waals surface area contributed by atoms with E-state index in [1.54, 1.807) is 24.0 Å². The molecule has 0 atom stereocenters. The quantitative estimate of drug-likeness (QED) is 0.700. The number of aromatic nitrogens is 1. The number of hydrogen-bond acceptors (Lipinski definition) is 5. The molecular weight excluding hydrogens is 414 g/mol. The van der Waals surface area contributed by atoms with Crippen molar-refractivity contribution in [2.24, 2.45) is 0 Å². The van der Waals surface area contributed by atoms with Crippen molar-refractivity contribution in [1.29, 1.82) is 0 Å². The monoisotopic (exact) mass is 445 g/mol. The lowest BCUT2D eigenvalue weighted by molar-refractivity contribution is 0.0695. The van der Waals surface area contributed by atoms with E-state index in [2.05, 4.69) is 5.16 Å². The van der Waals surface area contributed by atoms with Crippen LogP contribution in [0.25, 0.3) is 0 Å². The zero-order valence-corrected chi connectivity index (χ0v) is 19.2. The van der Waals surface area contributed by atoms with E-state index in [9.17, 15) is 13.2 Å². The number of sulfonamides is 1. The molecule has 1 aliphatic carbocycles. The summed E-state index contributed by atoms with van der Waals surface area (Å²) in [5, 5.41) is 3.96.